The number of rotatable bonds is 8. The van der Waals surface area contributed by atoms with Gasteiger partial charge in [0.25, 0.3) is 5.91 Å². The number of carbonyl (C=O) groups is 1. The van der Waals surface area contributed by atoms with Gasteiger partial charge in [-0.1, -0.05) is 17.7 Å². The number of hydrogen-bond donors (Lipinski definition) is 3. The first-order valence-corrected chi connectivity index (χ1v) is 13.3. The molecule has 6 rings (SSSR count). The van der Waals surface area contributed by atoms with E-state index >= 15 is 0 Å². The van der Waals surface area contributed by atoms with Crippen LogP contribution in [-0.4, -0.2) is 65.3 Å². The Morgan fingerprint density at radius 3 is 2.74 bits per heavy atom. The zero-order valence-electron chi connectivity index (χ0n) is 21.5. The van der Waals surface area contributed by atoms with Crippen LogP contribution in [0.25, 0.3) is 22.6 Å². The van der Waals surface area contributed by atoms with Gasteiger partial charge in [-0.2, -0.15) is 0 Å². The number of halogens is 1. The van der Waals surface area contributed by atoms with Gasteiger partial charge >= 0.3 is 0 Å². The average Bonchev–Trinajstić information content (AvgIpc) is 3.62. The lowest BCUT2D eigenvalue weighted by atomic mass is 10.0. The van der Waals surface area contributed by atoms with Crippen LogP contribution >= 0.6 is 11.6 Å². The summed E-state index contributed by atoms with van der Waals surface area (Å²) in [6.07, 6.45) is 3.62. The number of nitrogens with one attached hydrogen (secondary N) is 3. The van der Waals surface area contributed by atoms with E-state index in [0.29, 0.717) is 29.0 Å². The van der Waals surface area contributed by atoms with Crippen LogP contribution in [0.5, 0.6) is 17.2 Å². The van der Waals surface area contributed by atoms with Gasteiger partial charge in [-0.15, -0.1) is 0 Å². The second-order valence-corrected chi connectivity index (χ2v) is 10.0. The number of anilines is 1. The first-order valence-electron chi connectivity index (χ1n) is 12.9. The molecule has 202 valence electrons. The molecule has 0 radical (unpaired) electrons. The fourth-order valence-electron chi connectivity index (χ4n) is 4.88. The van der Waals surface area contributed by atoms with Crippen molar-refractivity contribution in [1.82, 2.24) is 25.2 Å². The largest absolute Gasteiger partial charge is 0.484 e. The van der Waals surface area contributed by atoms with Crippen molar-refractivity contribution < 1.29 is 19.0 Å². The van der Waals surface area contributed by atoms with Crippen LogP contribution in [-0.2, 0) is 11.3 Å². The van der Waals surface area contributed by atoms with Crippen LogP contribution in [0.2, 0.25) is 5.02 Å². The zero-order chi connectivity index (χ0) is 26.8. The highest BCUT2D eigenvalue weighted by Gasteiger charge is 2.23. The SMILES string of the molecule is CNC(=O)COc1ccc(-c2nc3ncc(Cl)c(NC4CCN(Cc5ccc6c(c5)OCO6)CC4)c3[nH]2)cc1. The van der Waals surface area contributed by atoms with Crippen LogP contribution in [0.4, 0.5) is 5.69 Å². The zero-order valence-corrected chi connectivity index (χ0v) is 22.3. The number of amides is 1. The Balaban J connectivity index is 1.11. The molecule has 2 aliphatic heterocycles. The van der Waals surface area contributed by atoms with Crippen LogP contribution in [0, 0.1) is 0 Å². The molecule has 0 atom stereocenters. The highest BCUT2D eigenvalue weighted by molar-refractivity contribution is 6.34. The summed E-state index contributed by atoms with van der Waals surface area (Å²) in [6.45, 7) is 3.08. The monoisotopic (exact) mass is 548 g/mol. The van der Waals surface area contributed by atoms with Crippen LogP contribution in [0.15, 0.2) is 48.7 Å². The molecule has 2 aromatic carbocycles. The molecule has 3 N–H and O–H groups in total. The lowest BCUT2D eigenvalue weighted by molar-refractivity contribution is -0.122. The van der Waals surface area contributed by atoms with Gasteiger partial charge in [-0.3, -0.25) is 9.69 Å². The minimum absolute atomic E-state index is 0.0325. The molecule has 0 unspecified atom stereocenters. The first kappa shape index (κ1) is 25.3. The molecule has 10 nitrogen and oxygen atoms in total. The molecule has 2 aliphatic rings. The maximum absolute atomic E-state index is 11.4. The summed E-state index contributed by atoms with van der Waals surface area (Å²) >= 11 is 6.60. The third-order valence-corrected chi connectivity index (χ3v) is 7.32. The number of likely N-dealkylation sites (N-methyl/N-ethyl adjacent to an activating group) is 1. The number of benzene rings is 2. The summed E-state index contributed by atoms with van der Waals surface area (Å²) < 4.78 is 16.4. The standard InChI is InChI=1S/C28H29ClN6O4/c1-30-24(36)15-37-20-5-3-18(4-6-20)27-33-26-25(21(29)13-31-28(26)34-27)32-19-8-10-35(11-9-19)14-17-2-7-22-23(12-17)39-16-38-22/h2-7,12-13,19H,8-11,14-16H2,1H3,(H,30,36)(H2,31,32,33,34). The number of fused-ring (bicyclic) bond motifs is 2. The van der Waals surface area contributed by atoms with Crippen molar-refractivity contribution in [3.05, 3.63) is 59.2 Å². The van der Waals surface area contributed by atoms with Crippen molar-refractivity contribution in [3.8, 4) is 28.6 Å². The number of nitrogens with zero attached hydrogens (tertiary/aromatic N) is 3. The van der Waals surface area contributed by atoms with Crippen LogP contribution < -0.4 is 24.8 Å². The number of piperidine rings is 1. The molecule has 1 fully saturated rings. The van der Waals surface area contributed by atoms with E-state index in [1.165, 1.54) is 5.56 Å². The van der Waals surface area contributed by atoms with E-state index in [1.807, 2.05) is 30.3 Å². The van der Waals surface area contributed by atoms with E-state index < -0.39 is 0 Å². The molecule has 2 aromatic heterocycles. The fourth-order valence-corrected chi connectivity index (χ4v) is 5.08. The normalized spacial score (nSPS) is 15.4. The lowest BCUT2D eigenvalue weighted by Gasteiger charge is -2.33. The van der Waals surface area contributed by atoms with Gasteiger partial charge in [0.2, 0.25) is 6.79 Å². The molecule has 39 heavy (non-hydrogen) atoms. The average molecular weight is 549 g/mol. The summed E-state index contributed by atoms with van der Waals surface area (Å²) in [5.74, 6) is 2.73. The first-order chi connectivity index (χ1) is 19.1. The number of imidazole rings is 1. The van der Waals surface area contributed by atoms with Gasteiger partial charge in [0.05, 0.1) is 16.9 Å². The number of hydrogen-bond acceptors (Lipinski definition) is 8. The Labute approximate surface area is 230 Å². The maximum Gasteiger partial charge on any atom is 0.257 e. The molecule has 0 bridgehead atoms. The van der Waals surface area contributed by atoms with Gasteiger partial charge in [0.15, 0.2) is 23.8 Å². The third-order valence-electron chi connectivity index (χ3n) is 7.03. The lowest BCUT2D eigenvalue weighted by Crippen LogP contribution is -2.38. The Hall–Kier alpha value is -4.02. The topological polar surface area (TPSA) is 114 Å². The predicted molar refractivity (Wildman–Crippen MR) is 148 cm³/mol. The Kier molecular flexibility index (Phi) is 7.12. The van der Waals surface area contributed by atoms with Crippen LogP contribution in [0.3, 0.4) is 0 Å². The van der Waals surface area contributed by atoms with E-state index in [-0.39, 0.29) is 18.6 Å². The van der Waals surface area contributed by atoms with E-state index in [2.05, 4.69) is 42.6 Å². The van der Waals surface area contributed by atoms with Crippen molar-refractivity contribution in [2.24, 2.45) is 0 Å². The van der Waals surface area contributed by atoms with Crippen LogP contribution in [0.1, 0.15) is 18.4 Å². The summed E-state index contributed by atoms with van der Waals surface area (Å²) in [6, 6.07) is 13.8. The molecule has 4 aromatic rings. The molecular formula is C28H29ClN6O4. The Morgan fingerprint density at radius 2 is 1.95 bits per heavy atom. The van der Waals surface area contributed by atoms with Gasteiger partial charge in [-0.25, -0.2) is 9.97 Å². The molecule has 4 heterocycles. The summed E-state index contributed by atoms with van der Waals surface area (Å²) in [5, 5.41) is 6.74. The van der Waals surface area contributed by atoms with E-state index in [0.717, 1.165) is 60.7 Å². The number of likely N-dealkylation sites (tertiary alicyclic amines) is 1. The maximum atomic E-state index is 11.4. The molecule has 0 aliphatic carbocycles. The van der Waals surface area contributed by atoms with Crippen molar-refractivity contribution >= 4 is 34.4 Å². The van der Waals surface area contributed by atoms with Gasteiger partial charge < -0.3 is 29.8 Å². The van der Waals surface area contributed by atoms with Crippen molar-refractivity contribution in [3.63, 3.8) is 0 Å². The molecule has 0 saturated carbocycles. The molecule has 1 saturated heterocycles. The second-order valence-electron chi connectivity index (χ2n) is 9.63. The fraction of sp³-hybridized carbons (Fsp3) is 0.321. The van der Waals surface area contributed by atoms with Crippen molar-refractivity contribution in [2.75, 3.05) is 38.9 Å². The van der Waals surface area contributed by atoms with Gasteiger partial charge in [0.1, 0.15) is 17.1 Å². The van der Waals surface area contributed by atoms with E-state index in [1.54, 1.807) is 13.2 Å². The van der Waals surface area contributed by atoms with E-state index in [9.17, 15) is 4.79 Å². The molecule has 11 heteroatoms. The minimum atomic E-state index is -0.185. The highest BCUT2D eigenvalue weighted by Crippen LogP contribution is 2.34. The summed E-state index contributed by atoms with van der Waals surface area (Å²) in [7, 11) is 1.57. The summed E-state index contributed by atoms with van der Waals surface area (Å²) in [5.41, 5.74) is 4.29. The third kappa shape index (κ3) is 5.57. The number of aromatic amines is 1. The number of ether oxygens (including phenoxy) is 3. The van der Waals surface area contributed by atoms with Gasteiger partial charge in [0, 0.05) is 38.3 Å². The highest BCUT2D eigenvalue weighted by atomic mass is 35.5. The minimum Gasteiger partial charge on any atom is -0.484 e. The smallest absolute Gasteiger partial charge is 0.257 e. The Bertz CT molecular complexity index is 1480. The molecular weight excluding hydrogens is 520 g/mol. The molecule has 1 amide bonds. The number of aromatic nitrogens is 3. The van der Waals surface area contributed by atoms with Crippen molar-refractivity contribution in [1.29, 1.82) is 0 Å². The van der Waals surface area contributed by atoms with Crippen molar-refractivity contribution in [2.45, 2.75) is 25.4 Å². The number of pyridine rings is 1. The number of carbonyl (C=O) groups excluding carboxylic acids is 1. The summed E-state index contributed by atoms with van der Waals surface area (Å²) in [4.78, 5) is 26.4. The molecule has 0 spiro atoms. The van der Waals surface area contributed by atoms with Gasteiger partial charge in [-0.05, 0) is 54.8 Å². The van der Waals surface area contributed by atoms with E-state index in [4.69, 9.17) is 25.8 Å². The number of H-pyrrole nitrogens is 1. The second kappa shape index (κ2) is 11.0. The Morgan fingerprint density at radius 1 is 1.15 bits per heavy atom. The predicted octanol–water partition coefficient (Wildman–Crippen LogP) is 4.21. The quantitative estimate of drug-likeness (QED) is 0.300.